The number of nitrogens with zero attached hydrogens (tertiary/aromatic N) is 1. The molecule has 0 aliphatic heterocycles. The SMILES string of the molecule is CC(C)N(C(=O)[c-]1cccc1C(=O)O)C(C)C.[Fe].c1cc[cH-]c1. The van der Waals surface area contributed by atoms with Gasteiger partial charge < -0.3 is 14.8 Å². The maximum Gasteiger partial charge on any atom is 0.247 e. The molecule has 4 nitrogen and oxygen atoms in total. The molecular formula is C18H23FeNO3-2. The van der Waals surface area contributed by atoms with E-state index < -0.39 is 5.97 Å². The second kappa shape index (κ2) is 10.0. The number of hydrogen-bond acceptors (Lipinski definition) is 2. The van der Waals surface area contributed by atoms with Gasteiger partial charge in [0.2, 0.25) is 11.9 Å². The standard InChI is InChI=1S/C13H18NO3.C5H5.Fe/c1-8(2)14(9(3)4)12(15)10-6-5-7-11(10)13(16)17;1-2-4-5-3-1;/h5-9H,1-4H3,(H,16,17);1-5H;/q2*-1;. The topological polar surface area (TPSA) is 57.6 Å². The van der Waals surface area contributed by atoms with E-state index in [1.807, 2.05) is 58.0 Å². The van der Waals surface area contributed by atoms with E-state index in [4.69, 9.17) is 5.11 Å². The molecule has 23 heavy (non-hydrogen) atoms. The molecule has 0 atom stereocenters. The van der Waals surface area contributed by atoms with Crippen molar-refractivity contribution >= 4 is 11.9 Å². The van der Waals surface area contributed by atoms with Crippen molar-refractivity contribution < 1.29 is 31.8 Å². The van der Waals surface area contributed by atoms with E-state index in [2.05, 4.69) is 0 Å². The zero-order valence-corrected chi connectivity index (χ0v) is 14.9. The minimum Gasteiger partial charge on any atom is -0.521 e. The maximum absolute atomic E-state index is 12.3. The predicted octanol–water partition coefficient (Wildman–Crippen LogP) is 3.77. The number of carboxylic acid groups (broad SMARTS) is 1. The second-order valence-electron chi connectivity index (χ2n) is 5.52. The molecule has 0 aromatic heterocycles. The van der Waals surface area contributed by atoms with Crippen molar-refractivity contribution in [3.63, 3.8) is 0 Å². The smallest absolute Gasteiger partial charge is 0.247 e. The molecule has 0 heterocycles. The van der Waals surface area contributed by atoms with Crippen molar-refractivity contribution in [3.05, 3.63) is 59.7 Å². The van der Waals surface area contributed by atoms with E-state index in [9.17, 15) is 9.59 Å². The number of carbonyl (C=O) groups excluding carboxylic acids is 1. The number of hydrogen-bond donors (Lipinski definition) is 1. The predicted molar refractivity (Wildman–Crippen MR) is 87.5 cm³/mol. The van der Waals surface area contributed by atoms with Crippen molar-refractivity contribution in [2.45, 2.75) is 39.8 Å². The fourth-order valence-electron chi connectivity index (χ4n) is 2.32. The molecule has 0 radical (unpaired) electrons. The molecule has 0 aliphatic rings. The fraction of sp³-hybridized carbons (Fsp3) is 0.333. The monoisotopic (exact) mass is 357 g/mol. The molecule has 1 amide bonds. The fourth-order valence-corrected chi connectivity index (χ4v) is 2.32. The first-order chi connectivity index (χ1) is 10.4. The van der Waals surface area contributed by atoms with Gasteiger partial charge in [-0.3, -0.25) is 4.79 Å². The van der Waals surface area contributed by atoms with Gasteiger partial charge in [-0.15, -0.1) is 6.07 Å². The zero-order chi connectivity index (χ0) is 16.7. The Bertz CT molecular complexity index is 560. The van der Waals surface area contributed by atoms with Crippen LogP contribution in [0.2, 0.25) is 0 Å². The molecule has 0 spiro atoms. The van der Waals surface area contributed by atoms with E-state index >= 15 is 0 Å². The van der Waals surface area contributed by atoms with Crippen LogP contribution in [0.5, 0.6) is 0 Å². The van der Waals surface area contributed by atoms with Crippen LogP contribution in [0.1, 0.15) is 48.4 Å². The van der Waals surface area contributed by atoms with Crippen LogP contribution in [0, 0.1) is 0 Å². The quantitative estimate of drug-likeness (QED) is 0.670. The molecule has 0 bridgehead atoms. The van der Waals surface area contributed by atoms with Crippen LogP contribution >= 0.6 is 0 Å². The second-order valence-corrected chi connectivity index (χ2v) is 5.52. The normalized spacial score (nSPS) is 9.83. The van der Waals surface area contributed by atoms with E-state index in [0.29, 0.717) is 0 Å². The van der Waals surface area contributed by atoms with Crippen molar-refractivity contribution in [1.29, 1.82) is 0 Å². The summed E-state index contributed by atoms with van der Waals surface area (Å²) >= 11 is 0. The van der Waals surface area contributed by atoms with Gasteiger partial charge in [0.1, 0.15) is 0 Å². The summed E-state index contributed by atoms with van der Waals surface area (Å²) in [6.45, 7) is 7.67. The van der Waals surface area contributed by atoms with Crippen molar-refractivity contribution in [3.8, 4) is 0 Å². The summed E-state index contributed by atoms with van der Waals surface area (Å²) in [6, 6.07) is 14.7. The average molecular weight is 357 g/mol. The van der Waals surface area contributed by atoms with Crippen LogP contribution in [0.4, 0.5) is 0 Å². The Hall–Kier alpha value is -1.84. The van der Waals surface area contributed by atoms with Gasteiger partial charge in [0.25, 0.3) is 0 Å². The molecule has 0 saturated heterocycles. The van der Waals surface area contributed by atoms with Crippen LogP contribution in [0.25, 0.3) is 0 Å². The minimum atomic E-state index is -1.06. The van der Waals surface area contributed by atoms with Crippen LogP contribution in [0.15, 0.2) is 48.5 Å². The van der Waals surface area contributed by atoms with E-state index in [-0.39, 0.29) is 46.2 Å². The molecule has 1 N–H and O–H groups in total. The van der Waals surface area contributed by atoms with Crippen molar-refractivity contribution in [2.24, 2.45) is 0 Å². The summed E-state index contributed by atoms with van der Waals surface area (Å²) in [5, 5.41) is 8.99. The third-order valence-corrected chi connectivity index (χ3v) is 3.18. The minimum absolute atomic E-state index is 0. The third kappa shape index (κ3) is 6.05. The van der Waals surface area contributed by atoms with Crippen molar-refractivity contribution in [1.82, 2.24) is 4.90 Å². The first-order valence-electron chi connectivity index (χ1n) is 7.34. The first kappa shape index (κ1) is 21.2. The van der Waals surface area contributed by atoms with E-state index in [1.165, 1.54) is 6.07 Å². The maximum atomic E-state index is 12.3. The van der Waals surface area contributed by atoms with Gasteiger partial charge in [0.15, 0.2) is 0 Å². The molecule has 128 valence electrons. The van der Waals surface area contributed by atoms with Gasteiger partial charge in [-0.25, -0.2) is 12.1 Å². The van der Waals surface area contributed by atoms with Crippen LogP contribution in [0.3, 0.4) is 0 Å². The molecule has 0 fully saturated rings. The Morgan fingerprint density at radius 2 is 1.61 bits per heavy atom. The first-order valence-corrected chi connectivity index (χ1v) is 7.34. The Morgan fingerprint density at radius 1 is 1.09 bits per heavy atom. The van der Waals surface area contributed by atoms with Crippen LogP contribution in [-0.2, 0) is 17.1 Å². The Morgan fingerprint density at radius 3 is 1.96 bits per heavy atom. The van der Waals surface area contributed by atoms with Crippen LogP contribution < -0.4 is 0 Å². The molecular weight excluding hydrogens is 334 g/mol. The number of carbonyl (C=O) groups is 2. The molecule has 2 aromatic rings. The van der Waals surface area contributed by atoms with Gasteiger partial charge in [-0.05, 0) is 33.3 Å². The molecule has 5 heteroatoms. The van der Waals surface area contributed by atoms with Gasteiger partial charge in [-0.2, -0.15) is 30.3 Å². The zero-order valence-electron chi connectivity index (χ0n) is 13.8. The van der Waals surface area contributed by atoms with Crippen molar-refractivity contribution in [2.75, 3.05) is 0 Å². The average Bonchev–Trinajstić information content (AvgIpc) is 3.12. The van der Waals surface area contributed by atoms with E-state index in [0.717, 1.165) is 0 Å². The molecule has 0 saturated carbocycles. The number of aromatic carboxylic acids is 1. The number of carboxylic acids is 1. The van der Waals surface area contributed by atoms with Crippen LogP contribution in [-0.4, -0.2) is 34.0 Å². The molecule has 2 aromatic carbocycles. The number of rotatable bonds is 4. The van der Waals surface area contributed by atoms with Gasteiger partial charge in [0, 0.05) is 29.2 Å². The summed E-state index contributed by atoms with van der Waals surface area (Å²) < 4.78 is 0. The van der Waals surface area contributed by atoms with Gasteiger partial charge in [-0.1, -0.05) is 5.56 Å². The largest absolute Gasteiger partial charge is 0.521 e. The Kier molecular flexibility index (Phi) is 9.23. The summed E-state index contributed by atoms with van der Waals surface area (Å²) in [7, 11) is 0. The van der Waals surface area contributed by atoms with Gasteiger partial charge in [0.05, 0.1) is 0 Å². The molecule has 0 aliphatic carbocycles. The Balaban J connectivity index is 0.000000684. The Labute approximate surface area is 148 Å². The number of amides is 1. The van der Waals surface area contributed by atoms with E-state index in [1.54, 1.807) is 17.0 Å². The van der Waals surface area contributed by atoms with Gasteiger partial charge >= 0.3 is 0 Å². The summed E-state index contributed by atoms with van der Waals surface area (Å²) in [5.41, 5.74) is 0.334. The summed E-state index contributed by atoms with van der Waals surface area (Å²) in [6.07, 6.45) is 0. The third-order valence-electron chi connectivity index (χ3n) is 3.18. The molecule has 0 unspecified atom stereocenters. The summed E-state index contributed by atoms with van der Waals surface area (Å²) in [5.74, 6) is -1.29. The molecule has 2 rings (SSSR count). The summed E-state index contributed by atoms with van der Waals surface area (Å²) in [4.78, 5) is 24.9.